The van der Waals surface area contributed by atoms with Gasteiger partial charge in [0.25, 0.3) is 5.56 Å². The monoisotopic (exact) mass is 286 g/mol. The van der Waals surface area contributed by atoms with Crippen molar-refractivity contribution in [3.63, 3.8) is 0 Å². The number of amidine groups is 1. The van der Waals surface area contributed by atoms with Crippen molar-refractivity contribution in [1.82, 2.24) is 9.78 Å². The molecular formula is C15H18N4O2. The van der Waals surface area contributed by atoms with Crippen molar-refractivity contribution in [3.8, 4) is 17.0 Å². The van der Waals surface area contributed by atoms with Crippen molar-refractivity contribution in [3.05, 3.63) is 46.2 Å². The maximum atomic E-state index is 12.1. The molecule has 3 N–H and O–H groups in total. The summed E-state index contributed by atoms with van der Waals surface area (Å²) in [6, 6.07) is 8.98. The number of rotatable bonds is 5. The molecule has 0 fully saturated rings. The Hall–Kier alpha value is -2.63. The van der Waals surface area contributed by atoms with Crippen LogP contribution >= 0.6 is 0 Å². The van der Waals surface area contributed by atoms with Crippen molar-refractivity contribution in [2.45, 2.75) is 20.4 Å². The van der Waals surface area contributed by atoms with Gasteiger partial charge in [0.05, 0.1) is 17.9 Å². The van der Waals surface area contributed by atoms with Crippen LogP contribution in [0.3, 0.4) is 0 Å². The Morgan fingerprint density at radius 1 is 1.38 bits per heavy atom. The Morgan fingerprint density at radius 3 is 2.71 bits per heavy atom. The predicted octanol–water partition coefficient (Wildman–Crippen LogP) is 1.61. The molecule has 110 valence electrons. The maximum Gasteiger partial charge on any atom is 0.277 e. The highest BCUT2D eigenvalue weighted by atomic mass is 16.5. The van der Waals surface area contributed by atoms with Gasteiger partial charge in [-0.2, -0.15) is 5.10 Å². The fraction of sp³-hybridized carbons (Fsp3) is 0.267. The van der Waals surface area contributed by atoms with Crippen LogP contribution in [-0.4, -0.2) is 22.2 Å². The number of para-hydroxylation sites is 1. The number of hydrogen-bond donors (Lipinski definition) is 2. The Labute approximate surface area is 122 Å². The third-order valence-electron chi connectivity index (χ3n) is 3.03. The highest BCUT2D eigenvalue weighted by Gasteiger charge is 2.14. The molecule has 6 nitrogen and oxygen atoms in total. The summed E-state index contributed by atoms with van der Waals surface area (Å²) in [5.41, 5.74) is 6.61. The first-order valence-electron chi connectivity index (χ1n) is 6.77. The molecule has 0 radical (unpaired) electrons. The second-order valence-corrected chi connectivity index (χ2v) is 4.41. The summed E-state index contributed by atoms with van der Waals surface area (Å²) in [5, 5.41) is 11.9. The first kappa shape index (κ1) is 14.8. The summed E-state index contributed by atoms with van der Waals surface area (Å²) < 4.78 is 6.88. The molecule has 0 aliphatic rings. The Morgan fingerprint density at radius 2 is 2.10 bits per heavy atom. The summed E-state index contributed by atoms with van der Waals surface area (Å²) in [4.78, 5) is 12.1. The lowest BCUT2D eigenvalue weighted by atomic mass is 10.1. The SMILES string of the molecule is CCOc1ccccc1-c1cc(C(=N)N)c(=O)n(CC)n1. The van der Waals surface area contributed by atoms with E-state index in [4.69, 9.17) is 15.9 Å². The van der Waals surface area contributed by atoms with Crippen LogP contribution in [0, 0.1) is 5.41 Å². The summed E-state index contributed by atoms with van der Waals surface area (Å²) >= 11 is 0. The number of aromatic nitrogens is 2. The average molecular weight is 286 g/mol. The molecule has 2 aromatic rings. The van der Waals surface area contributed by atoms with Crippen molar-refractivity contribution in [1.29, 1.82) is 5.41 Å². The molecular weight excluding hydrogens is 268 g/mol. The maximum absolute atomic E-state index is 12.1. The first-order valence-corrected chi connectivity index (χ1v) is 6.77. The second-order valence-electron chi connectivity index (χ2n) is 4.41. The van der Waals surface area contributed by atoms with Gasteiger partial charge >= 0.3 is 0 Å². The van der Waals surface area contributed by atoms with E-state index >= 15 is 0 Å². The second kappa shape index (κ2) is 6.21. The predicted molar refractivity (Wildman–Crippen MR) is 81.8 cm³/mol. The summed E-state index contributed by atoms with van der Waals surface area (Å²) in [7, 11) is 0. The fourth-order valence-corrected chi connectivity index (χ4v) is 2.04. The Balaban J connectivity index is 2.67. The van der Waals surface area contributed by atoms with Crippen LogP contribution in [0.4, 0.5) is 0 Å². The molecule has 0 aliphatic carbocycles. The number of nitrogens with one attached hydrogen (secondary N) is 1. The standard InChI is InChI=1S/C15H18N4O2/c1-3-19-15(20)11(14(16)17)9-12(18-19)10-7-5-6-8-13(10)21-4-2/h5-9H,3-4H2,1-2H3,(H3,16,17). The molecule has 0 bridgehead atoms. The molecule has 0 spiro atoms. The van der Waals surface area contributed by atoms with Crippen molar-refractivity contribution >= 4 is 5.84 Å². The van der Waals surface area contributed by atoms with E-state index in [-0.39, 0.29) is 17.0 Å². The molecule has 0 saturated carbocycles. The molecule has 1 heterocycles. The minimum absolute atomic E-state index is 0.146. The van der Waals surface area contributed by atoms with E-state index in [0.717, 1.165) is 5.56 Å². The molecule has 0 aliphatic heterocycles. The van der Waals surface area contributed by atoms with Crippen LogP contribution in [-0.2, 0) is 6.54 Å². The first-order chi connectivity index (χ1) is 10.1. The van der Waals surface area contributed by atoms with Gasteiger partial charge in [0.15, 0.2) is 0 Å². The van der Waals surface area contributed by atoms with Gasteiger partial charge in [0, 0.05) is 12.1 Å². The summed E-state index contributed by atoms with van der Waals surface area (Å²) in [5.74, 6) is 0.419. The van der Waals surface area contributed by atoms with Gasteiger partial charge in [-0.25, -0.2) is 4.68 Å². The van der Waals surface area contributed by atoms with Gasteiger partial charge in [-0.15, -0.1) is 0 Å². The van der Waals surface area contributed by atoms with Crippen LogP contribution in [0.1, 0.15) is 19.4 Å². The lowest BCUT2D eigenvalue weighted by Gasteiger charge is -2.12. The lowest BCUT2D eigenvalue weighted by Crippen LogP contribution is -2.31. The molecule has 0 unspecified atom stereocenters. The van der Waals surface area contributed by atoms with E-state index in [1.165, 1.54) is 10.7 Å². The van der Waals surface area contributed by atoms with E-state index in [2.05, 4.69) is 5.10 Å². The van der Waals surface area contributed by atoms with Crippen molar-refractivity contribution in [2.75, 3.05) is 6.61 Å². The largest absolute Gasteiger partial charge is 0.493 e. The Bertz CT molecular complexity index is 722. The van der Waals surface area contributed by atoms with Gasteiger partial charge in [-0.1, -0.05) is 12.1 Å². The summed E-state index contributed by atoms with van der Waals surface area (Å²) in [6.45, 7) is 4.66. The van der Waals surface area contributed by atoms with Crippen LogP contribution in [0.15, 0.2) is 35.1 Å². The minimum Gasteiger partial charge on any atom is -0.493 e. The van der Waals surface area contributed by atoms with Gasteiger partial charge in [0.2, 0.25) is 0 Å². The van der Waals surface area contributed by atoms with E-state index in [0.29, 0.717) is 24.6 Å². The molecule has 1 aromatic carbocycles. The highest BCUT2D eigenvalue weighted by Crippen LogP contribution is 2.28. The molecule has 0 atom stereocenters. The molecule has 0 saturated heterocycles. The number of nitrogen functional groups attached to an aromatic ring is 1. The normalized spacial score (nSPS) is 10.4. The van der Waals surface area contributed by atoms with Gasteiger partial charge in [-0.05, 0) is 32.0 Å². The number of nitrogens with zero attached hydrogens (tertiary/aromatic N) is 2. The van der Waals surface area contributed by atoms with Gasteiger partial charge < -0.3 is 10.5 Å². The number of benzene rings is 1. The lowest BCUT2D eigenvalue weighted by molar-refractivity contribution is 0.341. The third kappa shape index (κ3) is 2.94. The van der Waals surface area contributed by atoms with Gasteiger partial charge in [-0.3, -0.25) is 10.2 Å². The zero-order valence-corrected chi connectivity index (χ0v) is 12.1. The van der Waals surface area contributed by atoms with E-state index in [1.54, 1.807) is 0 Å². The highest BCUT2D eigenvalue weighted by molar-refractivity contribution is 5.95. The minimum atomic E-state index is -0.359. The van der Waals surface area contributed by atoms with Crippen LogP contribution < -0.4 is 16.0 Å². The number of aryl methyl sites for hydroxylation is 1. The summed E-state index contributed by atoms with van der Waals surface area (Å²) in [6.07, 6.45) is 0. The zero-order valence-electron chi connectivity index (χ0n) is 12.1. The van der Waals surface area contributed by atoms with E-state index in [1.807, 2.05) is 38.1 Å². The fourth-order valence-electron chi connectivity index (χ4n) is 2.04. The quantitative estimate of drug-likeness (QED) is 0.645. The van der Waals surface area contributed by atoms with E-state index < -0.39 is 0 Å². The zero-order chi connectivity index (χ0) is 15.4. The van der Waals surface area contributed by atoms with Crippen molar-refractivity contribution < 1.29 is 4.74 Å². The molecule has 21 heavy (non-hydrogen) atoms. The van der Waals surface area contributed by atoms with Gasteiger partial charge in [0.1, 0.15) is 11.6 Å². The average Bonchev–Trinajstić information content (AvgIpc) is 2.48. The molecule has 6 heteroatoms. The van der Waals surface area contributed by atoms with Crippen LogP contribution in [0.2, 0.25) is 0 Å². The molecule has 0 amide bonds. The molecule has 2 rings (SSSR count). The topological polar surface area (TPSA) is 94.0 Å². The molecule has 1 aromatic heterocycles. The van der Waals surface area contributed by atoms with Crippen molar-refractivity contribution in [2.24, 2.45) is 5.73 Å². The number of hydrogen-bond acceptors (Lipinski definition) is 4. The smallest absolute Gasteiger partial charge is 0.277 e. The van der Waals surface area contributed by atoms with Crippen LogP contribution in [0.5, 0.6) is 5.75 Å². The Kier molecular flexibility index (Phi) is 4.37. The number of nitrogens with two attached hydrogens (primary N) is 1. The van der Waals surface area contributed by atoms with Crippen LogP contribution in [0.25, 0.3) is 11.3 Å². The third-order valence-corrected chi connectivity index (χ3v) is 3.03. The number of ether oxygens (including phenoxy) is 1. The van der Waals surface area contributed by atoms with E-state index in [9.17, 15) is 4.79 Å².